The smallest absolute Gasteiger partial charge is 0.306 e. The minimum atomic E-state index is -0.0977. The van der Waals surface area contributed by atoms with Gasteiger partial charge in [0.25, 0.3) is 0 Å². The molecule has 3 aromatic carbocycles. The molecule has 33 heavy (non-hydrogen) atoms. The van der Waals surface area contributed by atoms with E-state index in [1.165, 1.54) is 33.4 Å². The normalized spacial score (nSPS) is 15.4. The molecule has 0 saturated carbocycles. The van der Waals surface area contributed by atoms with Gasteiger partial charge in [-0.3, -0.25) is 4.79 Å². The Labute approximate surface area is 197 Å². The first-order valence-electron chi connectivity index (χ1n) is 12.1. The predicted molar refractivity (Wildman–Crippen MR) is 134 cm³/mol. The largest absolute Gasteiger partial charge is 0.489 e. The summed E-state index contributed by atoms with van der Waals surface area (Å²) in [7, 11) is 0. The summed E-state index contributed by atoms with van der Waals surface area (Å²) < 4.78 is 11.4. The molecule has 1 atom stereocenters. The molecule has 1 aliphatic rings. The zero-order valence-corrected chi connectivity index (χ0v) is 20.0. The fourth-order valence-electron chi connectivity index (χ4n) is 5.03. The van der Waals surface area contributed by atoms with Crippen molar-refractivity contribution in [2.45, 2.75) is 65.4 Å². The quantitative estimate of drug-likeness (QED) is 0.284. The maximum atomic E-state index is 12.1. The Kier molecular flexibility index (Phi) is 7.49. The van der Waals surface area contributed by atoms with Crippen LogP contribution in [0.5, 0.6) is 5.75 Å². The van der Waals surface area contributed by atoms with Crippen LogP contribution in [0.3, 0.4) is 0 Å². The predicted octanol–water partition coefficient (Wildman–Crippen LogP) is 7.31. The molecule has 0 saturated heterocycles. The maximum Gasteiger partial charge on any atom is 0.306 e. The zero-order valence-electron chi connectivity index (χ0n) is 20.0. The number of benzene rings is 3. The van der Waals surface area contributed by atoms with E-state index in [1.807, 2.05) is 6.92 Å². The van der Waals surface area contributed by atoms with Gasteiger partial charge in [-0.2, -0.15) is 0 Å². The molecule has 0 aliphatic heterocycles. The molecule has 0 aromatic heterocycles. The van der Waals surface area contributed by atoms with Crippen molar-refractivity contribution in [2.24, 2.45) is 0 Å². The van der Waals surface area contributed by atoms with E-state index in [-0.39, 0.29) is 11.9 Å². The van der Waals surface area contributed by atoms with Gasteiger partial charge in [-0.05, 0) is 103 Å². The number of carbonyl (C=O) groups is 1. The number of carbonyl (C=O) groups excluding carboxylic acids is 1. The summed E-state index contributed by atoms with van der Waals surface area (Å²) >= 11 is 0. The van der Waals surface area contributed by atoms with E-state index in [1.54, 1.807) is 0 Å². The van der Waals surface area contributed by atoms with E-state index in [4.69, 9.17) is 9.47 Å². The number of hydrogen-bond donors (Lipinski definition) is 0. The molecule has 0 N–H and O–H groups in total. The molecule has 4 rings (SSSR count). The molecule has 0 amide bonds. The third kappa shape index (κ3) is 5.65. The molecular formula is C30H34O3. The lowest BCUT2D eigenvalue weighted by molar-refractivity contribution is -0.143. The van der Waals surface area contributed by atoms with Gasteiger partial charge < -0.3 is 9.47 Å². The first-order valence-corrected chi connectivity index (χ1v) is 12.1. The number of ether oxygens (including phenoxy) is 2. The highest BCUT2D eigenvalue weighted by Gasteiger charge is 2.22. The first-order chi connectivity index (χ1) is 16.0. The van der Waals surface area contributed by atoms with Crippen molar-refractivity contribution in [3.63, 3.8) is 0 Å². The van der Waals surface area contributed by atoms with E-state index in [0.717, 1.165) is 37.0 Å². The van der Waals surface area contributed by atoms with Crippen LogP contribution in [0.1, 0.15) is 66.3 Å². The van der Waals surface area contributed by atoms with Gasteiger partial charge in [0.2, 0.25) is 0 Å². The van der Waals surface area contributed by atoms with E-state index in [9.17, 15) is 4.79 Å². The second kappa shape index (κ2) is 10.7. The minimum absolute atomic E-state index is 0.0977. The molecular weight excluding hydrogens is 408 g/mol. The summed E-state index contributed by atoms with van der Waals surface area (Å²) in [6, 6.07) is 21.5. The van der Waals surface area contributed by atoms with Crippen LogP contribution in [0.2, 0.25) is 0 Å². The van der Waals surface area contributed by atoms with Crippen molar-refractivity contribution in [1.29, 1.82) is 0 Å². The van der Waals surface area contributed by atoms with E-state index >= 15 is 0 Å². The molecule has 0 spiro atoms. The Morgan fingerprint density at radius 2 is 1.76 bits per heavy atom. The Hall–Kier alpha value is -3.07. The van der Waals surface area contributed by atoms with Crippen LogP contribution in [0.15, 0.2) is 60.7 Å². The van der Waals surface area contributed by atoms with Crippen molar-refractivity contribution in [3.05, 3.63) is 88.5 Å². The Bertz CT molecular complexity index is 1100. The molecule has 0 fully saturated rings. The van der Waals surface area contributed by atoms with Crippen molar-refractivity contribution < 1.29 is 14.3 Å². The third-order valence-corrected chi connectivity index (χ3v) is 6.62. The van der Waals surface area contributed by atoms with Crippen molar-refractivity contribution in [3.8, 4) is 16.9 Å². The molecule has 172 valence electrons. The van der Waals surface area contributed by atoms with Gasteiger partial charge in [0.1, 0.15) is 12.4 Å². The van der Waals surface area contributed by atoms with Crippen LogP contribution in [-0.4, -0.2) is 12.6 Å². The number of fused-ring (bicyclic) bond motifs is 1. The van der Waals surface area contributed by atoms with Crippen LogP contribution in [0.4, 0.5) is 0 Å². The highest BCUT2D eigenvalue weighted by Crippen LogP contribution is 2.35. The average Bonchev–Trinajstić information content (AvgIpc) is 3.00. The minimum Gasteiger partial charge on any atom is -0.489 e. The Morgan fingerprint density at radius 3 is 2.55 bits per heavy atom. The fraction of sp³-hybridized carbons (Fsp3) is 0.367. The van der Waals surface area contributed by atoms with Crippen LogP contribution in [0, 0.1) is 13.8 Å². The fourth-order valence-corrected chi connectivity index (χ4v) is 5.03. The molecule has 0 radical (unpaired) electrons. The second-order valence-electron chi connectivity index (χ2n) is 9.07. The number of hydrogen-bond acceptors (Lipinski definition) is 3. The highest BCUT2D eigenvalue weighted by atomic mass is 16.5. The van der Waals surface area contributed by atoms with Crippen LogP contribution < -0.4 is 4.74 Å². The van der Waals surface area contributed by atoms with Gasteiger partial charge in [-0.15, -0.1) is 0 Å². The number of rotatable bonds is 7. The van der Waals surface area contributed by atoms with E-state index < -0.39 is 0 Å². The van der Waals surface area contributed by atoms with Crippen LogP contribution in [-0.2, 0) is 22.6 Å². The maximum absolute atomic E-state index is 12.1. The van der Waals surface area contributed by atoms with E-state index in [0.29, 0.717) is 19.6 Å². The van der Waals surface area contributed by atoms with Gasteiger partial charge in [-0.25, -0.2) is 0 Å². The Balaban J connectivity index is 1.49. The summed E-state index contributed by atoms with van der Waals surface area (Å²) in [5, 5.41) is 0. The summed E-state index contributed by atoms with van der Waals surface area (Å²) in [5.41, 5.74) is 8.86. The molecule has 0 heterocycles. The van der Waals surface area contributed by atoms with Gasteiger partial charge in [0.05, 0.1) is 13.0 Å². The van der Waals surface area contributed by atoms with Gasteiger partial charge in [0, 0.05) is 0 Å². The summed E-state index contributed by atoms with van der Waals surface area (Å²) in [6.45, 7) is 7.16. The molecule has 3 aromatic rings. The van der Waals surface area contributed by atoms with Crippen LogP contribution >= 0.6 is 0 Å². The van der Waals surface area contributed by atoms with Crippen LogP contribution in [0.25, 0.3) is 11.1 Å². The monoisotopic (exact) mass is 442 g/mol. The average molecular weight is 443 g/mol. The third-order valence-electron chi connectivity index (χ3n) is 6.62. The lowest BCUT2D eigenvalue weighted by atomic mass is 9.90. The molecule has 1 aliphatic carbocycles. The SMILES string of the molecule is CCOC(=O)CC1CCCCc2cc(OCc3cccc(-c4c(C)cccc4C)c3)ccc21. The summed E-state index contributed by atoms with van der Waals surface area (Å²) in [4.78, 5) is 12.1. The Morgan fingerprint density at radius 1 is 0.970 bits per heavy atom. The van der Waals surface area contributed by atoms with Gasteiger partial charge >= 0.3 is 5.97 Å². The molecule has 3 heteroatoms. The topological polar surface area (TPSA) is 35.5 Å². The standard InChI is InChI=1S/C30H34O3/c1-4-32-29(31)19-25-13-6-5-12-24-18-27(15-16-28(24)25)33-20-23-11-8-14-26(17-23)30-21(2)9-7-10-22(30)3/h7-11,14-18,25H,4-6,12-13,19-20H2,1-3H3. The first kappa shape index (κ1) is 23.1. The lowest BCUT2D eigenvalue weighted by Gasteiger charge is -2.18. The molecule has 1 unspecified atom stereocenters. The van der Waals surface area contributed by atoms with E-state index in [2.05, 4.69) is 74.5 Å². The van der Waals surface area contributed by atoms with Gasteiger partial charge in [0.15, 0.2) is 0 Å². The van der Waals surface area contributed by atoms with Gasteiger partial charge in [-0.1, -0.05) is 48.9 Å². The summed E-state index contributed by atoms with van der Waals surface area (Å²) in [5.74, 6) is 1.03. The zero-order chi connectivity index (χ0) is 23.2. The van der Waals surface area contributed by atoms with Crippen molar-refractivity contribution in [1.82, 2.24) is 0 Å². The number of aryl methyl sites for hydroxylation is 3. The molecule has 0 bridgehead atoms. The highest BCUT2D eigenvalue weighted by molar-refractivity contribution is 5.71. The van der Waals surface area contributed by atoms with Crippen molar-refractivity contribution >= 4 is 5.97 Å². The number of esters is 1. The molecule has 3 nitrogen and oxygen atoms in total. The second-order valence-corrected chi connectivity index (χ2v) is 9.07. The lowest BCUT2D eigenvalue weighted by Crippen LogP contribution is -2.11. The van der Waals surface area contributed by atoms with Crippen molar-refractivity contribution in [2.75, 3.05) is 6.61 Å². The summed E-state index contributed by atoms with van der Waals surface area (Å²) in [6.07, 6.45) is 4.82.